The van der Waals surface area contributed by atoms with Gasteiger partial charge in [0.05, 0.1) is 6.04 Å². The Bertz CT molecular complexity index is 172. The summed E-state index contributed by atoms with van der Waals surface area (Å²) in [5.74, 6) is 0.828. The third kappa shape index (κ3) is 3.29. The summed E-state index contributed by atoms with van der Waals surface area (Å²) >= 11 is 0. The zero-order valence-corrected chi connectivity index (χ0v) is 9.31. The van der Waals surface area contributed by atoms with E-state index in [0.717, 1.165) is 38.8 Å². The van der Waals surface area contributed by atoms with Crippen LogP contribution in [0.2, 0.25) is 0 Å². The lowest BCUT2D eigenvalue weighted by atomic mass is 10.0. The van der Waals surface area contributed by atoms with Gasteiger partial charge in [0.2, 0.25) is 5.91 Å². The molecule has 3 nitrogen and oxygen atoms in total. The van der Waals surface area contributed by atoms with E-state index in [2.05, 4.69) is 24.5 Å². The summed E-state index contributed by atoms with van der Waals surface area (Å²) in [5, 5.41) is 6.23. The molecule has 1 rings (SSSR count). The first-order chi connectivity index (χ1) is 6.77. The molecule has 2 N–H and O–H groups in total. The van der Waals surface area contributed by atoms with Crippen molar-refractivity contribution in [2.24, 2.45) is 5.92 Å². The lowest BCUT2D eigenvalue weighted by molar-refractivity contribution is -0.122. The molecule has 14 heavy (non-hydrogen) atoms. The number of hydrogen-bond acceptors (Lipinski definition) is 2. The van der Waals surface area contributed by atoms with Crippen LogP contribution in [0.4, 0.5) is 0 Å². The number of hydrogen-bond donors (Lipinski definition) is 2. The molecule has 1 aliphatic heterocycles. The van der Waals surface area contributed by atoms with Gasteiger partial charge in [0.15, 0.2) is 0 Å². The average molecular weight is 198 g/mol. The Kier molecular flexibility index (Phi) is 4.94. The maximum absolute atomic E-state index is 11.6. The predicted octanol–water partition coefficient (Wildman–Crippen LogP) is 1.29. The predicted molar refractivity (Wildman–Crippen MR) is 58.1 cm³/mol. The minimum atomic E-state index is 0.0735. The second-order valence-corrected chi connectivity index (χ2v) is 4.08. The largest absolute Gasteiger partial charge is 0.354 e. The van der Waals surface area contributed by atoms with Crippen molar-refractivity contribution in [3.63, 3.8) is 0 Å². The molecule has 0 aromatic carbocycles. The van der Waals surface area contributed by atoms with E-state index in [0.29, 0.717) is 5.92 Å². The zero-order chi connectivity index (χ0) is 10.4. The third-order valence-electron chi connectivity index (χ3n) is 3.10. The maximum Gasteiger partial charge on any atom is 0.237 e. The summed E-state index contributed by atoms with van der Waals surface area (Å²) in [5.41, 5.74) is 0. The van der Waals surface area contributed by atoms with Crippen molar-refractivity contribution in [3.8, 4) is 0 Å². The lowest BCUT2D eigenvalue weighted by Crippen LogP contribution is -2.42. The highest BCUT2D eigenvalue weighted by atomic mass is 16.2. The minimum Gasteiger partial charge on any atom is -0.354 e. The van der Waals surface area contributed by atoms with Crippen LogP contribution in [0.25, 0.3) is 0 Å². The van der Waals surface area contributed by atoms with Crippen LogP contribution in [0.1, 0.15) is 39.5 Å². The Balaban J connectivity index is 2.19. The molecule has 1 amide bonds. The molecule has 1 atom stereocenters. The van der Waals surface area contributed by atoms with E-state index in [1.165, 1.54) is 0 Å². The Labute approximate surface area is 86.6 Å². The molecule has 0 aliphatic carbocycles. The zero-order valence-electron chi connectivity index (χ0n) is 9.31. The van der Waals surface area contributed by atoms with Crippen LogP contribution in [0, 0.1) is 5.92 Å². The second-order valence-electron chi connectivity index (χ2n) is 4.08. The lowest BCUT2D eigenvalue weighted by Gasteiger charge is -2.15. The molecule has 0 radical (unpaired) electrons. The molecule has 82 valence electrons. The highest BCUT2D eigenvalue weighted by Gasteiger charge is 2.21. The highest BCUT2D eigenvalue weighted by Crippen LogP contribution is 2.07. The van der Waals surface area contributed by atoms with Crippen molar-refractivity contribution >= 4 is 5.91 Å². The molecule has 0 aromatic rings. The monoisotopic (exact) mass is 198 g/mol. The quantitative estimate of drug-likeness (QED) is 0.699. The van der Waals surface area contributed by atoms with Crippen LogP contribution in [0.5, 0.6) is 0 Å². The average Bonchev–Trinajstić information content (AvgIpc) is 2.72. The topological polar surface area (TPSA) is 41.1 Å². The van der Waals surface area contributed by atoms with Gasteiger partial charge in [0.1, 0.15) is 0 Å². The first-order valence-electron chi connectivity index (χ1n) is 5.79. The highest BCUT2D eigenvalue weighted by molar-refractivity contribution is 5.81. The molecule has 0 aromatic heterocycles. The van der Waals surface area contributed by atoms with Crippen molar-refractivity contribution in [2.45, 2.75) is 45.6 Å². The fourth-order valence-corrected chi connectivity index (χ4v) is 1.85. The summed E-state index contributed by atoms with van der Waals surface area (Å²) in [6.45, 7) is 6.18. The Morgan fingerprint density at radius 3 is 2.71 bits per heavy atom. The van der Waals surface area contributed by atoms with E-state index in [4.69, 9.17) is 0 Å². The standard InChI is InChI=1S/C11H22N2O/c1-3-9(4-2)8-13-11(14)10-6-5-7-12-10/h9-10,12H,3-8H2,1-2H3,(H,13,14). The molecule has 1 unspecified atom stereocenters. The van der Waals surface area contributed by atoms with Gasteiger partial charge in [-0.1, -0.05) is 26.7 Å². The molecule has 1 heterocycles. The molecule has 1 aliphatic rings. The summed E-state index contributed by atoms with van der Waals surface area (Å²) in [7, 11) is 0. The van der Waals surface area contributed by atoms with Crippen LogP contribution < -0.4 is 10.6 Å². The van der Waals surface area contributed by atoms with Gasteiger partial charge in [-0.05, 0) is 25.3 Å². The van der Waals surface area contributed by atoms with Gasteiger partial charge in [-0.3, -0.25) is 4.79 Å². The Morgan fingerprint density at radius 1 is 1.50 bits per heavy atom. The molecule has 3 heteroatoms. The first-order valence-corrected chi connectivity index (χ1v) is 5.79. The first kappa shape index (κ1) is 11.5. The fraction of sp³-hybridized carbons (Fsp3) is 0.909. The van der Waals surface area contributed by atoms with Gasteiger partial charge >= 0.3 is 0 Å². The van der Waals surface area contributed by atoms with Crippen LogP contribution >= 0.6 is 0 Å². The van der Waals surface area contributed by atoms with Gasteiger partial charge in [-0.2, -0.15) is 0 Å². The number of rotatable bonds is 5. The van der Waals surface area contributed by atoms with Gasteiger partial charge in [0.25, 0.3) is 0 Å². The normalized spacial score (nSPS) is 21.5. The van der Waals surface area contributed by atoms with Crippen molar-refractivity contribution in [3.05, 3.63) is 0 Å². The van der Waals surface area contributed by atoms with Gasteiger partial charge in [0, 0.05) is 6.54 Å². The third-order valence-corrected chi connectivity index (χ3v) is 3.10. The minimum absolute atomic E-state index is 0.0735. The molecule has 1 saturated heterocycles. The van der Waals surface area contributed by atoms with E-state index < -0.39 is 0 Å². The SMILES string of the molecule is CCC(CC)CNC(=O)C1CCCN1. The summed E-state index contributed by atoms with van der Waals surface area (Å²) in [6.07, 6.45) is 4.42. The van der Waals surface area contributed by atoms with Crippen molar-refractivity contribution in [1.29, 1.82) is 0 Å². The van der Waals surface area contributed by atoms with Crippen molar-refractivity contribution in [2.75, 3.05) is 13.1 Å². The van der Waals surface area contributed by atoms with Crippen molar-refractivity contribution < 1.29 is 4.79 Å². The molecule has 1 fully saturated rings. The van der Waals surface area contributed by atoms with E-state index >= 15 is 0 Å². The molecule has 0 saturated carbocycles. The van der Waals surface area contributed by atoms with Crippen LogP contribution in [0.3, 0.4) is 0 Å². The number of carbonyl (C=O) groups excluding carboxylic acids is 1. The van der Waals surface area contributed by atoms with Crippen LogP contribution in [-0.2, 0) is 4.79 Å². The number of carbonyl (C=O) groups is 1. The van der Waals surface area contributed by atoms with Crippen molar-refractivity contribution in [1.82, 2.24) is 10.6 Å². The number of nitrogens with one attached hydrogen (secondary N) is 2. The molecular formula is C11H22N2O. The Hall–Kier alpha value is -0.570. The van der Waals surface area contributed by atoms with E-state index in [9.17, 15) is 4.79 Å². The summed E-state index contributed by atoms with van der Waals surface area (Å²) in [4.78, 5) is 11.6. The van der Waals surface area contributed by atoms with Crippen LogP contribution in [-0.4, -0.2) is 25.0 Å². The van der Waals surface area contributed by atoms with E-state index in [1.807, 2.05) is 0 Å². The Morgan fingerprint density at radius 2 is 2.21 bits per heavy atom. The fourth-order valence-electron chi connectivity index (χ4n) is 1.85. The van der Waals surface area contributed by atoms with E-state index in [-0.39, 0.29) is 11.9 Å². The maximum atomic E-state index is 11.6. The molecular weight excluding hydrogens is 176 g/mol. The molecule has 0 bridgehead atoms. The molecule has 0 spiro atoms. The smallest absolute Gasteiger partial charge is 0.237 e. The number of amides is 1. The second kappa shape index (κ2) is 6.02. The van der Waals surface area contributed by atoms with Gasteiger partial charge in [-0.25, -0.2) is 0 Å². The van der Waals surface area contributed by atoms with E-state index in [1.54, 1.807) is 0 Å². The van der Waals surface area contributed by atoms with Gasteiger partial charge in [-0.15, -0.1) is 0 Å². The van der Waals surface area contributed by atoms with Crippen LogP contribution in [0.15, 0.2) is 0 Å². The summed E-state index contributed by atoms with van der Waals surface area (Å²) < 4.78 is 0. The summed E-state index contributed by atoms with van der Waals surface area (Å²) in [6, 6.07) is 0.0735. The van der Waals surface area contributed by atoms with Gasteiger partial charge < -0.3 is 10.6 Å².